The van der Waals surface area contributed by atoms with Gasteiger partial charge in [0.15, 0.2) is 5.65 Å². The molecule has 5 rings (SSSR count). The standard InChI is InChI=1S/C25H29N7O/c1-24(2)12-17(13-25(3,4)31-24)29-22-15-27-20(14-28-22)18-6-5-16(11-21(18)33)19-7-8-23-26-9-10-32(23)30-19/h5-11,14-15,17,31,33H,12-13H2,1-4H3,(H,28,29). The van der Waals surface area contributed by atoms with E-state index in [2.05, 4.69) is 58.4 Å². The zero-order chi connectivity index (χ0) is 23.2. The van der Waals surface area contributed by atoms with E-state index in [-0.39, 0.29) is 16.8 Å². The third-order valence-corrected chi connectivity index (χ3v) is 6.02. The zero-order valence-corrected chi connectivity index (χ0v) is 19.4. The minimum atomic E-state index is 0.0531. The Bertz CT molecular complexity index is 1280. The average Bonchev–Trinajstić information content (AvgIpc) is 3.20. The summed E-state index contributed by atoms with van der Waals surface area (Å²) < 4.78 is 1.71. The highest BCUT2D eigenvalue weighted by Gasteiger charge is 2.37. The van der Waals surface area contributed by atoms with Gasteiger partial charge in [0.05, 0.1) is 23.8 Å². The maximum absolute atomic E-state index is 10.7. The molecule has 8 heteroatoms. The summed E-state index contributed by atoms with van der Waals surface area (Å²) in [7, 11) is 0. The lowest BCUT2D eigenvalue weighted by atomic mass is 9.79. The molecule has 3 N–H and O–H groups in total. The van der Waals surface area contributed by atoms with Gasteiger partial charge in [-0.3, -0.25) is 4.98 Å². The van der Waals surface area contributed by atoms with Crippen molar-refractivity contribution in [3.63, 3.8) is 0 Å². The van der Waals surface area contributed by atoms with E-state index in [4.69, 9.17) is 0 Å². The van der Waals surface area contributed by atoms with E-state index < -0.39 is 0 Å². The van der Waals surface area contributed by atoms with Crippen LogP contribution in [0.4, 0.5) is 5.82 Å². The topological polar surface area (TPSA) is 100 Å². The van der Waals surface area contributed by atoms with Crippen LogP contribution in [0.1, 0.15) is 40.5 Å². The van der Waals surface area contributed by atoms with Crippen molar-refractivity contribution < 1.29 is 5.11 Å². The summed E-state index contributed by atoms with van der Waals surface area (Å²) >= 11 is 0. The molecule has 0 aliphatic carbocycles. The van der Waals surface area contributed by atoms with Crippen molar-refractivity contribution in [1.29, 1.82) is 0 Å². The molecule has 0 unspecified atom stereocenters. The predicted octanol–water partition coefficient (Wildman–Crippen LogP) is 4.28. The fourth-order valence-electron chi connectivity index (χ4n) is 5.05. The Labute approximate surface area is 193 Å². The second kappa shape index (κ2) is 7.81. The number of aromatic hydroxyl groups is 1. The monoisotopic (exact) mass is 443 g/mol. The highest BCUT2D eigenvalue weighted by atomic mass is 16.3. The molecule has 0 amide bonds. The first-order valence-corrected chi connectivity index (χ1v) is 11.2. The smallest absolute Gasteiger partial charge is 0.153 e. The molecule has 170 valence electrons. The number of benzene rings is 1. The molecule has 1 aliphatic rings. The van der Waals surface area contributed by atoms with Gasteiger partial charge in [-0.05, 0) is 64.8 Å². The molecule has 0 radical (unpaired) electrons. The fraction of sp³-hybridized carbons (Fsp3) is 0.360. The maximum atomic E-state index is 10.7. The highest BCUT2D eigenvalue weighted by Crippen LogP contribution is 2.33. The summed E-state index contributed by atoms with van der Waals surface area (Å²) in [5.41, 5.74) is 3.70. The number of aromatic nitrogens is 5. The Balaban J connectivity index is 1.33. The highest BCUT2D eigenvalue weighted by molar-refractivity contribution is 5.73. The molecular weight excluding hydrogens is 414 g/mol. The summed E-state index contributed by atoms with van der Waals surface area (Å²) in [6.45, 7) is 8.92. The van der Waals surface area contributed by atoms with E-state index in [1.807, 2.05) is 24.3 Å². The van der Waals surface area contributed by atoms with Crippen molar-refractivity contribution in [1.82, 2.24) is 29.9 Å². The number of anilines is 1. The third kappa shape index (κ3) is 4.52. The van der Waals surface area contributed by atoms with Gasteiger partial charge in [0.25, 0.3) is 0 Å². The van der Waals surface area contributed by atoms with E-state index in [1.165, 1.54) is 0 Å². The maximum Gasteiger partial charge on any atom is 0.153 e. The van der Waals surface area contributed by atoms with Crippen LogP contribution in [-0.4, -0.2) is 46.8 Å². The molecule has 4 heterocycles. The van der Waals surface area contributed by atoms with Crippen LogP contribution in [0.25, 0.3) is 28.2 Å². The molecule has 4 aromatic rings. The van der Waals surface area contributed by atoms with Crippen LogP contribution < -0.4 is 10.6 Å². The Morgan fingerprint density at radius 3 is 2.45 bits per heavy atom. The summed E-state index contributed by atoms with van der Waals surface area (Å²) in [4.78, 5) is 13.3. The van der Waals surface area contributed by atoms with Crippen LogP contribution >= 0.6 is 0 Å². The van der Waals surface area contributed by atoms with Crippen LogP contribution in [0.5, 0.6) is 5.75 Å². The Kier molecular flexibility index (Phi) is 5.05. The number of rotatable bonds is 4. The van der Waals surface area contributed by atoms with Gasteiger partial charge in [-0.1, -0.05) is 6.07 Å². The minimum Gasteiger partial charge on any atom is -0.507 e. The molecule has 1 aromatic carbocycles. The third-order valence-electron chi connectivity index (χ3n) is 6.02. The lowest BCUT2D eigenvalue weighted by Crippen LogP contribution is -2.60. The summed E-state index contributed by atoms with van der Waals surface area (Å²) in [5.74, 6) is 0.878. The van der Waals surface area contributed by atoms with E-state index in [0.717, 1.165) is 35.6 Å². The Morgan fingerprint density at radius 2 is 1.76 bits per heavy atom. The van der Waals surface area contributed by atoms with Gasteiger partial charge in [0, 0.05) is 40.6 Å². The number of hydrogen-bond acceptors (Lipinski definition) is 7. The van der Waals surface area contributed by atoms with Gasteiger partial charge < -0.3 is 15.7 Å². The number of nitrogens with one attached hydrogen (secondary N) is 2. The fourth-order valence-corrected chi connectivity index (χ4v) is 5.05. The van der Waals surface area contributed by atoms with Crippen molar-refractivity contribution in [2.75, 3.05) is 5.32 Å². The summed E-state index contributed by atoms with van der Waals surface area (Å²) in [6, 6.07) is 9.57. The lowest BCUT2D eigenvalue weighted by Gasteiger charge is -2.46. The molecule has 0 saturated carbocycles. The molecule has 8 nitrogen and oxygen atoms in total. The second-order valence-electron chi connectivity index (χ2n) is 10.1. The molecular formula is C25H29N7O. The van der Waals surface area contributed by atoms with E-state index in [9.17, 15) is 5.11 Å². The number of piperidine rings is 1. The van der Waals surface area contributed by atoms with Crippen LogP contribution in [0.3, 0.4) is 0 Å². The first kappa shape index (κ1) is 21.3. The van der Waals surface area contributed by atoms with E-state index >= 15 is 0 Å². The van der Waals surface area contributed by atoms with Crippen molar-refractivity contribution >= 4 is 11.5 Å². The quantitative estimate of drug-likeness (QED) is 0.433. The van der Waals surface area contributed by atoms with Crippen LogP contribution in [-0.2, 0) is 0 Å². The number of hydrogen-bond donors (Lipinski definition) is 3. The normalized spacial score (nSPS) is 17.8. The number of nitrogens with zero attached hydrogens (tertiary/aromatic N) is 5. The molecule has 1 aliphatic heterocycles. The molecule has 0 spiro atoms. The van der Waals surface area contributed by atoms with E-state index in [0.29, 0.717) is 17.3 Å². The van der Waals surface area contributed by atoms with E-state index in [1.54, 1.807) is 35.4 Å². The largest absolute Gasteiger partial charge is 0.507 e. The van der Waals surface area contributed by atoms with Crippen LogP contribution in [0.2, 0.25) is 0 Å². The van der Waals surface area contributed by atoms with Crippen molar-refractivity contribution in [2.45, 2.75) is 57.7 Å². The minimum absolute atomic E-state index is 0.0531. The molecule has 0 bridgehead atoms. The average molecular weight is 444 g/mol. The van der Waals surface area contributed by atoms with Gasteiger partial charge in [0.2, 0.25) is 0 Å². The number of phenolic OH excluding ortho intramolecular Hbond substituents is 1. The van der Waals surface area contributed by atoms with Crippen molar-refractivity contribution in [2.24, 2.45) is 0 Å². The van der Waals surface area contributed by atoms with Crippen molar-refractivity contribution in [3.05, 3.63) is 55.1 Å². The number of phenols is 1. The first-order chi connectivity index (χ1) is 15.7. The Hall–Kier alpha value is -3.52. The first-order valence-electron chi connectivity index (χ1n) is 11.2. The van der Waals surface area contributed by atoms with Crippen LogP contribution in [0, 0.1) is 0 Å². The summed E-state index contributed by atoms with van der Waals surface area (Å²) in [6.07, 6.45) is 8.94. The number of imidazole rings is 1. The SMILES string of the molecule is CC1(C)CC(Nc2cnc(-c3ccc(-c4ccc5nccn5n4)cc3O)cn2)CC(C)(C)N1. The zero-order valence-electron chi connectivity index (χ0n) is 19.4. The van der Waals surface area contributed by atoms with Gasteiger partial charge in [-0.25, -0.2) is 14.5 Å². The van der Waals surface area contributed by atoms with Gasteiger partial charge in [0.1, 0.15) is 11.6 Å². The predicted molar refractivity (Wildman–Crippen MR) is 129 cm³/mol. The van der Waals surface area contributed by atoms with Crippen LogP contribution in [0.15, 0.2) is 55.1 Å². The lowest BCUT2D eigenvalue weighted by molar-refractivity contribution is 0.170. The molecule has 3 aromatic heterocycles. The molecule has 33 heavy (non-hydrogen) atoms. The Morgan fingerprint density at radius 1 is 0.970 bits per heavy atom. The number of fused-ring (bicyclic) bond motifs is 1. The molecule has 1 fully saturated rings. The second-order valence-corrected chi connectivity index (χ2v) is 10.1. The summed E-state index contributed by atoms with van der Waals surface area (Å²) in [5, 5.41) is 22.5. The van der Waals surface area contributed by atoms with Gasteiger partial charge >= 0.3 is 0 Å². The van der Waals surface area contributed by atoms with Gasteiger partial charge in [-0.15, -0.1) is 0 Å². The van der Waals surface area contributed by atoms with Gasteiger partial charge in [-0.2, -0.15) is 5.10 Å². The molecule has 0 atom stereocenters. The molecule has 1 saturated heterocycles. The van der Waals surface area contributed by atoms with Crippen molar-refractivity contribution in [3.8, 4) is 28.3 Å².